The Morgan fingerprint density at radius 1 is 1.38 bits per heavy atom. The van der Waals surface area contributed by atoms with Crippen molar-refractivity contribution < 1.29 is 9.53 Å². The Bertz CT molecular complexity index is 651. The highest BCUT2D eigenvalue weighted by molar-refractivity contribution is 5.90. The van der Waals surface area contributed by atoms with E-state index in [4.69, 9.17) is 4.74 Å². The van der Waals surface area contributed by atoms with Crippen molar-refractivity contribution >= 4 is 11.8 Å². The zero-order valence-corrected chi connectivity index (χ0v) is 12.2. The molecule has 0 spiro atoms. The lowest BCUT2D eigenvalue weighted by Crippen LogP contribution is -2.29. The van der Waals surface area contributed by atoms with Crippen molar-refractivity contribution in [3.05, 3.63) is 41.7 Å². The van der Waals surface area contributed by atoms with Crippen molar-refractivity contribution in [2.45, 2.75) is 32.9 Å². The SMILES string of the molecule is CC(C)n1cc(COC(=O)N2CCc3ccccc32)nn1. The molecule has 0 fully saturated rings. The van der Waals surface area contributed by atoms with E-state index in [2.05, 4.69) is 10.3 Å². The number of amides is 1. The monoisotopic (exact) mass is 286 g/mol. The summed E-state index contributed by atoms with van der Waals surface area (Å²) in [6, 6.07) is 8.14. The van der Waals surface area contributed by atoms with Crippen LogP contribution in [0.15, 0.2) is 30.5 Å². The van der Waals surface area contributed by atoms with Gasteiger partial charge < -0.3 is 4.74 Å². The summed E-state index contributed by atoms with van der Waals surface area (Å²) < 4.78 is 7.08. The first kappa shape index (κ1) is 13.6. The fourth-order valence-corrected chi connectivity index (χ4v) is 2.37. The van der Waals surface area contributed by atoms with Crippen LogP contribution in [0.4, 0.5) is 10.5 Å². The number of carbonyl (C=O) groups is 1. The molecule has 1 aliphatic heterocycles. The number of benzene rings is 1. The van der Waals surface area contributed by atoms with Crippen molar-refractivity contribution in [1.82, 2.24) is 15.0 Å². The highest BCUT2D eigenvalue weighted by Gasteiger charge is 2.25. The molecule has 0 saturated heterocycles. The van der Waals surface area contributed by atoms with Crippen LogP contribution in [0.3, 0.4) is 0 Å². The van der Waals surface area contributed by atoms with Crippen LogP contribution >= 0.6 is 0 Å². The van der Waals surface area contributed by atoms with Gasteiger partial charge in [-0.3, -0.25) is 4.90 Å². The number of anilines is 1. The highest BCUT2D eigenvalue weighted by Crippen LogP contribution is 2.27. The summed E-state index contributed by atoms with van der Waals surface area (Å²) in [7, 11) is 0. The summed E-state index contributed by atoms with van der Waals surface area (Å²) in [6.45, 7) is 4.85. The van der Waals surface area contributed by atoms with E-state index in [1.807, 2.05) is 38.1 Å². The Labute approximate surface area is 123 Å². The van der Waals surface area contributed by atoms with Crippen LogP contribution in [0.25, 0.3) is 0 Å². The number of hydrogen-bond acceptors (Lipinski definition) is 4. The number of rotatable bonds is 3. The standard InChI is InChI=1S/C15H18N4O2/c1-11(2)19-9-13(16-17-19)10-21-15(20)18-8-7-12-5-3-4-6-14(12)18/h3-6,9,11H,7-8,10H2,1-2H3. The predicted molar refractivity (Wildman–Crippen MR) is 78.1 cm³/mol. The molecule has 0 aliphatic carbocycles. The maximum absolute atomic E-state index is 12.2. The van der Waals surface area contributed by atoms with E-state index >= 15 is 0 Å². The number of aromatic nitrogens is 3. The molecule has 2 aromatic rings. The van der Waals surface area contributed by atoms with Gasteiger partial charge in [-0.2, -0.15) is 0 Å². The molecule has 0 N–H and O–H groups in total. The normalized spacial score (nSPS) is 13.6. The number of hydrogen-bond donors (Lipinski definition) is 0. The van der Waals surface area contributed by atoms with E-state index in [1.165, 1.54) is 5.56 Å². The molecule has 3 rings (SSSR count). The third-order valence-electron chi connectivity index (χ3n) is 3.54. The molecule has 6 nitrogen and oxygen atoms in total. The van der Waals surface area contributed by atoms with E-state index in [0.29, 0.717) is 12.2 Å². The summed E-state index contributed by atoms with van der Waals surface area (Å²) in [5.74, 6) is 0. The molecule has 1 amide bonds. The van der Waals surface area contributed by atoms with Gasteiger partial charge in [0.2, 0.25) is 0 Å². The average Bonchev–Trinajstić information content (AvgIpc) is 3.11. The summed E-state index contributed by atoms with van der Waals surface area (Å²) in [4.78, 5) is 13.8. The van der Waals surface area contributed by atoms with Gasteiger partial charge in [0.25, 0.3) is 0 Å². The van der Waals surface area contributed by atoms with Gasteiger partial charge in [0, 0.05) is 12.6 Å². The largest absolute Gasteiger partial charge is 0.443 e. The minimum atomic E-state index is -0.334. The first-order chi connectivity index (χ1) is 10.1. The van der Waals surface area contributed by atoms with E-state index < -0.39 is 0 Å². The molecular weight excluding hydrogens is 268 g/mol. The summed E-state index contributed by atoms with van der Waals surface area (Å²) >= 11 is 0. The van der Waals surface area contributed by atoms with Crippen molar-refractivity contribution in [1.29, 1.82) is 0 Å². The number of ether oxygens (including phenoxy) is 1. The predicted octanol–water partition coefficient (Wildman–Crippen LogP) is 2.56. The third kappa shape index (κ3) is 2.74. The highest BCUT2D eigenvalue weighted by atomic mass is 16.6. The summed E-state index contributed by atoms with van der Waals surface area (Å²) in [6.07, 6.45) is 2.34. The lowest BCUT2D eigenvalue weighted by Gasteiger charge is -2.16. The van der Waals surface area contributed by atoms with Gasteiger partial charge in [-0.25, -0.2) is 9.48 Å². The van der Waals surface area contributed by atoms with Crippen LogP contribution in [0.5, 0.6) is 0 Å². The third-order valence-corrected chi connectivity index (χ3v) is 3.54. The van der Waals surface area contributed by atoms with Crippen LogP contribution in [0.1, 0.15) is 31.1 Å². The Morgan fingerprint density at radius 3 is 2.95 bits per heavy atom. The van der Waals surface area contributed by atoms with Gasteiger partial charge in [-0.1, -0.05) is 23.4 Å². The second-order valence-electron chi connectivity index (χ2n) is 5.37. The Kier molecular flexibility index (Phi) is 3.60. The Hall–Kier alpha value is -2.37. The summed E-state index contributed by atoms with van der Waals surface area (Å²) in [5, 5.41) is 7.99. The first-order valence-corrected chi connectivity index (χ1v) is 7.08. The Balaban J connectivity index is 1.62. The quantitative estimate of drug-likeness (QED) is 0.870. The first-order valence-electron chi connectivity index (χ1n) is 7.08. The van der Waals surface area contributed by atoms with Gasteiger partial charge in [0.1, 0.15) is 12.3 Å². The molecule has 2 heterocycles. The number of nitrogens with zero attached hydrogens (tertiary/aromatic N) is 4. The molecule has 21 heavy (non-hydrogen) atoms. The van der Waals surface area contributed by atoms with Crippen LogP contribution in [0, 0.1) is 0 Å². The molecule has 110 valence electrons. The van der Waals surface area contributed by atoms with Crippen molar-refractivity contribution in [3.8, 4) is 0 Å². The van der Waals surface area contributed by atoms with E-state index in [-0.39, 0.29) is 18.7 Å². The minimum Gasteiger partial charge on any atom is -0.443 e. The molecule has 0 atom stereocenters. The van der Waals surface area contributed by atoms with Gasteiger partial charge in [0.05, 0.1) is 11.9 Å². The van der Waals surface area contributed by atoms with Crippen molar-refractivity contribution in [3.63, 3.8) is 0 Å². The maximum Gasteiger partial charge on any atom is 0.414 e. The molecule has 0 unspecified atom stereocenters. The fraction of sp³-hybridized carbons (Fsp3) is 0.400. The maximum atomic E-state index is 12.2. The van der Waals surface area contributed by atoms with Crippen LogP contribution in [-0.4, -0.2) is 27.6 Å². The van der Waals surface area contributed by atoms with Gasteiger partial charge in [0.15, 0.2) is 0 Å². The van der Waals surface area contributed by atoms with Crippen molar-refractivity contribution in [2.75, 3.05) is 11.4 Å². The molecule has 0 bridgehead atoms. The van der Waals surface area contributed by atoms with E-state index in [1.54, 1.807) is 15.8 Å². The second-order valence-corrected chi connectivity index (χ2v) is 5.37. The van der Waals surface area contributed by atoms with Crippen LogP contribution < -0.4 is 4.90 Å². The van der Waals surface area contributed by atoms with Crippen LogP contribution in [0.2, 0.25) is 0 Å². The second kappa shape index (κ2) is 5.55. The molecule has 0 saturated carbocycles. The molecule has 0 radical (unpaired) electrons. The van der Waals surface area contributed by atoms with E-state index in [0.717, 1.165) is 12.1 Å². The lowest BCUT2D eigenvalue weighted by molar-refractivity contribution is 0.146. The fourth-order valence-electron chi connectivity index (χ4n) is 2.37. The van der Waals surface area contributed by atoms with Gasteiger partial charge >= 0.3 is 6.09 Å². The smallest absolute Gasteiger partial charge is 0.414 e. The topological polar surface area (TPSA) is 60.2 Å². The number of carbonyl (C=O) groups excluding carboxylic acids is 1. The van der Waals surface area contributed by atoms with Gasteiger partial charge in [-0.05, 0) is 31.9 Å². The number of fused-ring (bicyclic) bond motifs is 1. The molecule has 1 aromatic carbocycles. The van der Waals surface area contributed by atoms with Crippen molar-refractivity contribution in [2.24, 2.45) is 0 Å². The minimum absolute atomic E-state index is 0.143. The van der Waals surface area contributed by atoms with Crippen LogP contribution in [-0.2, 0) is 17.8 Å². The zero-order chi connectivity index (χ0) is 14.8. The molecule has 1 aliphatic rings. The number of para-hydroxylation sites is 1. The Morgan fingerprint density at radius 2 is 2.19 bits per heavy atom. The average molecular weight is 286 g/mol. The zero-order valence-electron chi connectivity index (χ0n) is 12.2. The van der Waals surface area contributed by atoms with E-state index in [9.17, 15) is 4.79 Å². The lowest BCUT2D eigenvalue weighted by atomic mass is 10.2. The molecule has 6 heteroatoms. The molecule has 1 aromatic heterocycles. The molecular formula is C15H18N4O2. The summed E-state index contributed by atoms with van der Waals surface area (Å²) in [5.41, 5.74) is 2.78. The van der Waals surface area contributed by atoms with Gasteiger partial charge in [-0.15, -0.1) is 5.10 Å².